The third-order valence-corrected chi connectivity index (χ3v) is 4.91. The summed E-state index contributed by atoms with van der Waals surface area (Å²) in [6.45, 7) is 0. The number of carbonyl (C=O) groups is 1. The minimum Gasteiger partial charge on any atom is -0.496 e. The van der Waals surface area contributed by atoms with Crippen molar-refractivity contribution in [2.45, 2.75) is 6.42 Å². The lowest BCUT2D eigenvalue weighted by atomic mass is 10.1. The molecular weight excluding hydrogens is 382 g/mol. The molecular formula is C24H17NO5. The number of hydrogen-bond donors (Lipinski definition) is 0. The average molecular weight is 399 g/mol. The number of benzene rings is 3. The Bertz CT molecular complexity index is 1330. The van der Waals surface area contributed by atoms with Crippen molar-refractivity contribution in [1.82, 2.24) is 5.16 Å². The highest BCUT2D eigenvalue weighted by atomic mass is 16.5. The van der Waals surface area contributed by atoms with Crippen LogP contribution in [0.5, 0.6) is 11.5 Å². The summed E-state index contributed by atoms with van der Waals surface area (Å²) >= 11 is 0. The maximum Gasteiger partial charge on any atom is 0.379 e. The second-order valence-corrected chi connectivity index (χ2v) is 6.81. The average Bonchev–Trinajstić information content (AvgIpc) is 3.38. The largest absolute Gasteiger partial charge is 0.496 e. The van der Waals surface area contributed by atoms with E-state index in [9.17, 15) is 4.79 Å². The third-order valence-electron chi connectivity index (χ3n) is 4.91. The fraction of sp³-hybridized carbons (Fsp3) is 0.0833. The summed E-state index contributed by atoms with van der Waals surface area (Å²) in [5.74, 6) is 0.725. The zero-order valence-electron chi connectivity index (χ0n) is 16.1. The molecule has 0 atom stereocenters. The summed E-state index contributed by atoms with van der Waals surface area (Å²) in [6.07, 6.45) is 0.565. The van der Waals surface area contributed by atoms with Crippen LogP contribution in [0.3, 0.4) is 0 Å². The van der Waals surface area contributed by atoms with Gasteiger partial charge >= 0.3 is 5.97 Å². The zero-order valence-corrected chi connectivity index (χ0v) is 16.1. The van der Waals surface area contributed by atoms with Gasteiger partial charge in [0, 0.05) is 28.8 Å². The SMILES string of the molecule is COc1ccccc1Cc1noc2cc(OC(=O)c3cc4ccccc4o3)ccc12. The number of aromatic nitrogens is 1. The molecule has 0 spiro atoms. The van der Waals surface area contributed by atoms with Gasteiger partial charge in [0.2, 0.25) is 5.76 Å². The maximum atomic E-state index is 12.5. The number of furan rings is 1. The number of fused-ring (bicyclic) bond motifs is 2. The zero-order chi connectivity index (χ0) is 20.5. The molecule has 0 bridgehead atoms. The van der Waals surface area contributed by atoms with Crippen LogP contribution in [0, 0.1) is 0 Å². The van der Waals surface area contributed by atoms with E-state index in [1.165, 1.54) is 0 Å². The summed E-state index contributed by atoms with van der Waals surface area (Å²) < 4.78 is 21.9. The molecule has 0 unspecified atom stereocenters. The highest BCUT2D eigenvalue weighted by molar-refractivity contribution is 5.94. The van der Waals surface area contributed by atoms with Crippen LogP contribution in [-0.2, 0) is 6.42 Å². The van der Waals surface area contributed by atoms with Crippen molar-refractivity contribution in [2.75, 3.05) is 7.11 Å². The van der Waals surface area contributed by atoms with E-state index in [4.69, 9.17) is 18.4 Å². The van der Waals surface area contributed by atoms with Gasteiger partial charge in [0.05, 0.1) is 12.8 Å². The lowest BCUT2D eigenvalue weighted by Gasteiger charge is -2.06. The van der Waals surface area contributed by atoms with Gasteiger partial charge < -0.3 is 18.4 Å². The van der Waals surface area contributed by atoms with Gasteiger partial charge in [0.1, 0.15) is 17.1 Å². The quantitative estimate of drug-likeness (QED) is 0.291. The fourth-order valence-electron chi connectivity index (χ4n) is 3.43. The molecule has 2 aromatic heterocycles. The standard InChI is InChI=1S/C24H17NO5/c1-27-20-8-4-2-6-15(20)12-19-18-11-10-17(14-22(18)30-25-19)28-24(26)23-13-16-7-3-5-9-21(16)29-23/h2-11,13-14H,12H2,1H3. The minimum absolute atomic E-state index is 0.144. The first-order valence-electron chi connectivity index (χ1n) is 9.42. The van der Waals surface area contributed by atoms with Crippen molar-refractivity contribution in [3.63, 3.8) is 0 Å². The van der Waals surface area contributed by atoms with Crippen LogP contribution < -0.4 is 9.47 Å². The smallest absolute Gasteiger partial charge is 0.379 e. The Morgan fingerprint density at radius 2 is 1.80 bits per heavy atom. The van der Waals surface area contributed by atoms with Crippen LogP contribution in [0.15, 0.2) is 81.7 Å². The molecule has 0 saturated heterocycles. The van der Waals surface area contributed by atoms with Gasteiger partial charge in [0.25, 0.3) is 0 Å². The van der Waals surface area contributed by atoms with Crippen LogP contribution in [-0.4, -0.2) is 18.2 Å². The van der Waals surface area contributed by atoms with Crippen molar-refractivity contribution < 1.29 is 23.2 Å². The van der Waals surface area contributed by atoms with Crippen molar-refractivity contribution in [1.29, 1.82) is 0 Å². The van der Waals surface area contributed by atoms with Gasteiger partial charge in [0.15, 0.2) is 5.58 Å². The Labute approximate surface area is 171 Å². The summed E-state index contributed by atoms with van der Waals surface area (Å²) in [5, 5.41) is 5.88. The molecule has 5 rings (SSSR count). The summed E-state index contributed by atoms with van der Waals surface area (Å²) in [6, 6.07) is 22.0. The molecule has 6 nitrogen and oxygen atoms in total. The molecule has 5 aromatic rings. The Kier molecular flexibility index (Phi) is 4.44. The van der Waals surface area contributed by atoms with Gasteiger partial charge in [-0.05, 0) is 30.3 Å². The Balaban J connectivity index is 1.38. The second kappa shape index (κ2) is 7.40. The van der Waals surface area contributed by atoms with E-state index in [1.807, 2.05) is 48.5 Å². The van der Waals surface area contributed by atoms with Gasteiger partial charge in [-0.25, -0.2) is 4.79 Å². The molecule has 0 aliphatic rings. The molecule has 0 amide bonds. The van der Waals surface area contributed by atoms with Crippen LogP contribution in [0.25, 0.3) is 21.9 Å². The molecule has 6 heteroatoms. The Morgan fingerprint density at radius 1 is 0.967 bits per heavy atom. The van der Waals surface area contributed by atoms with Crippen LogP contribution >= 0.6 is 0 Å². The second-order valence-electron chi connectivity index (χ2n) is 6.81. The van der Waals surface area contributed by atoms with Crippen LogP contribution in [0.4, 0.5) is 0 Å². The summed E-state index contributed by atoms with van der Waals surface area (Å²) in [7, 11) is 1.64. The Hall–Kier alpha value is -4.06. The van der Waals surface area contributed by atoms with Gasteiger partial charge in [-0.3, -0.25) is 0 Å². The predicted octanol–water partition coefficient (Wildman–Crippen LogP) is 5.39. The number of methoxy groups -OCH3 is 1. The van der Waals surface area contributed by atoms with Crippen LogP contribution in [0.2, 0.25) is 0 Å². The van der Waals surface area contributed by atoms with E-state index in [0.29, 0.717) is 23.3 Å². The monoisotopic (exact) mass is 399 g/mol. The summed E-state index contributed by atoms with van der Waals surface area (Å²) in [5.41, 5.74) is 2.96. The predicted molar refractivity (Wildman–Crippen MR) is 111 cm³/mol. The highest BCUT2D eigenvalue weighted by Crippen LogP contribution is 2.28. The molecule has 0 saturated carbocycles. The molecule has 0 aliphatic heterocycles. The van der Waals surface area contributed by atoms with Gasteiger partial charge in [-0.15, -0.1) is 0 Å². The topological polar surface area (TPSA) is 74.7 Å². The van der Waals surface area contributed by atoms with E-state index in [-0.39, 0.29) is 5.76 Å². The summed E-state index contributed by atoms with van der Waals surface area (Å²) in [4.78, 5) is 12.5. The first kappa shape index (κ1) is 18.0. The number of carbonyl (C=O) groups excluding carboxylic acids is 1. The van der Waals surface area contributed by atoms with Gasteiger partial charge in [-0.1, -0.05) is 41.6 Å². The molecule has 2 heterocycles. The van der Waals surface area contributed by atoms with E-state index < -0.39 is 5.97 Å². The maximum absolute atomic E-state index is 12.5. The fourth-order valence-corrected chi connectivity index (χ4v) is 3.43. The number of ether oxygens (including phenoxy) is 2. The van der Waals surface area contributed by atoms with Crippen molar-refractivity contribution in [2.24, 2.45) is 0 Å². The normalized spacial score (nSPS) is 11.1. The van der Waals surface area contributed by atoms with Gasteiger partial charge in [-0.2, -0.15) is 0 Å². The number of para-hydroxylation sites is 2. The number of rotatable bonds is 5. The van der Waals surface area contributed by atoms with E-state index in [1.54, 1.807) is 31.4 Å². The lowest BCUT2D eigenvalue weighted by molar-refractivity contribution is 0.0704. The third kappa shape index (κ3) is 3.28. The molecule has 0 fully saturated rings. The number of nitrogens with zero attached hydrogens (tertiary/aromatic N) is 1. The Morgan fingerprint density at radius 3 is 2.67 bits per heavy atom. The first-order valence-corrected chi connectivity index (χ1v) is 9.42. The highest BCUT2D eigenvalue weighted by Gasteiger charge is 2.17. The van der Waals surface area contributed by atoms with Crippen molar-refractivity contribution >= 4 is 27.9 Å². The first-order chi connectivity index (χ1) is 14.7. The molecule has 0 radical (unpaired) electrons. The van der Waals surface area contributed by atoms with E-state index in [0.717, 1.165) is 27.8 Å². The van der Waals surface area contributed by atoms with E-state index >= 15 is 0 Å². The molecule has 0 aliphatic carbocycles. The molecule has 0 N–H and O–H groups in total. The minimum atomic E-state index is -0.570. The van der Waals surface area contributed by atoms with Crippen molar-refractivity contribution in [3.05, 3.63) is 89.8 Å². The number of esters is 1. The number of hydrogen-bond acceptors (Lipinski definition) is 6. The molecule has 30 heavy (non-hydrogen) atoms. The molecule has 148 valence electrons. The van der Waals surface area contributed by atoms with Crippen molar-refractivity contribution in [3.8, 4) is 11.5 Å². The molecule has 3 aromatic carbocycles. The van der Waals surface area contributed by atoms with E-state index in [2.05, 4.69) is 5.16 Å². The van der Waals surface area contributed by atoms with Crippen LogP contribution in [0.1, 0.15) is 21.8 Å². The lowest BCUT2D eigenvalue weighted by Crippen LogP contribution is -2.06.